The molecule has 0 bridgehead atoms. The number of likely N-dealkylation sites (tertiary alicyclic amines) is 1. The number of nitrogens with zero attached hydrogens (tertiary/aromatic N) is 1. The summed E-state index contributed by atoms with van der Waals surface area (Å²) in [5.74, 6) is 0.340. The van der Waals surface area contributed by atoms with E-state index >= 15 is 0 Å². The Bertz CT molecular complexity index is 228. The molecule has 4 heteroatoms. The molecule has 0 saturated carbocycles. The minimum Gasteiger partial charge on any atom is -0.396 e. The van der Waals surface area contributed by atoms with Gasteiger partial charge in [-0.3, -0.25) is 0 Å². The number of ether oxygens (including phenoxy) is 1. The van der Waals surface area contributed by atoms with E-state index in [1.54, 1.807) is 0 Å². The fraction of sp³-hybridized carbons (Fsp3) is 1.00. The van der Waals surface area contributed by atoms with E-state index in [0.29, 0.717) is 12.5 Å². The lowest BCUT2D eigenvalue weighted by Crippen LogP contribution is -2.48. The molecule has 0 aromatic heterocycles. The minimum atomic E-state index is -0.152. The van der Waals surface area contributed by atoms with E-state index in [1.165, 1.54) is 0 Å². The van der Waals surface area contributed by atoms with Crippen molar-refractivity contribution < 1.29 is 14.9 Å². The summed E-state index contributed by atoms with van der Waals surface area (Å²) in [7, 11) is 0. The summed E-state index contributed by atoms with van der Waals surface area (Å²) in [6.45, 7) is 6.52. The van der Waals surface area contributed by atoms with Crippen LogP contribution in [0, 0.1) is 11.3 Å². The second-order valence-corrected chi connectivity index (χ2v) is 5.53. The molecule has 0 aliphatic carbocycles. The summed E-state index contributed by atoms with van der Waals surface area (Å²) in [5.41, 5.74) is -0.0536. The molecule has 2 fully saturated rings. The van der Waals surface area contributed by atoms with Gasteiger partial charge in [0.1, 0.15) is 0 Å². The van der Waals surface area contributed by atoms with Crippen molar-refractivity contribution >= 4 is 0 Å². The monoisotopic (exact) mass is 229 g/mol. The van der Waals surface area contributed by atoms with Crippen LogP contribution in [0.3, 0.4) is 0 Å². The first-order chi connectivity index (χ1) is 7.65. The van der Waals surface area contributed by atoms with Crippen LogP contribution >= 0.6 is 0 Å². The topological polar surface area (TPSA) is 52.9 Å². The van der Waals surface area contributed by atoms with Gasteiger partial charge in [-0.2, -0.15) is 0 Å². The van der Waals surface area contributed by atoms with Crippen LogP contribution in [0.1, 0.15) is 19.8 Å². The van der Waals surface area contributed by atoms with Crippen LogP contribution in [0.5, 0.6) is 0 Å². The predicted octanol–water partition coefficient (Wildman–Crippen LogP) is 0.0881. The molecule has 0 radical (unpaired) electrons. The smallest absolute Gasteiger partial charge is 0.0590 e. The van der Waals surface area contributed by atoms with Gasteiger partial charge in [0.15, 0.2) is 0 Å². The summed E-state index contributed by atoms with van der Waals surface area (Å²) in [6.07, 6.45) is 1.65. The van der Waals surface area contributed by atoms with Gasteiger partial charge in [0.25, 0.3) is 0 Å². The Balaban J connectivity index is 1.89. The Labute approximate surface area is 97.2 Å². The molecule has 3 atom stereocenters. The lowest BCUT2D eigenvalue weighted by molar-refractivity contribution is -0.000102. The molecule has 3 unspecified atom stereocenters. The molecule has 0 spiro atoms. The zero-order valence-corrected chi connectivity index (χ0v) is 10.1. The largest absolute Gasteiger partial charge is 0.396 e. The first-order valence-electron chi connectivity index (χ1n) is 6.24. The van der Waals surface area contributed by atoms with Crippen LogP contribution in [-0.4, -0.2) is 60.7 Å². The Morgan fingerprint density at radius 2 is 2.31 bits per heavy atom. The van der Waals surface area contributed by atoms with Gasteiger partial charge in [-0.15, -0.1) is 0 Å². The van der Waals surface area contributed by atoms with Gasteiger partial charge in [0, 0.05) is 31.7 Å². The SMILES string of the molecule is CC1CN(CC2(CO)CCOC2)CCC1O. The van der Waals surface area contributed by atoms with Crippen molar-refractivity contribution in [3.8, 4) is 0 Å². The van der Waals surface area contributed by atoms with Gasteiger partial charge in [-0.25, -0.2) is 0 Å². The highest BCUT2D eigenvalue weighted by molar-refractivity contribution is 4.88. The summed E-state index contributed by atoms with van der Waals surface area (Å²) in [4.78, 5) is 2.36. The molecule has 2 aliphatic rings. The maximum absolute atomic E-state index is 9.68. The molecule has 2 saturated heterocycles. The van der Waals surface area contributed by atoms with E-state index in [9.17, 15) is 10.2 Å². The normalized spacial score (nSPS) is 41.4. The van der Waals surface area contributed by atoms with Crippen molar-refractivity contribution in [3.05, 3.63) is 0 Å². The van der Waals surface area contributed by atoms with Crippen LogP contribution in [0.2, 0.25) is 0 Å². The number of hydrogen-bond acceptors (Lipinski definition) is 4. The molecule has 16 heavy (non-hydrogen) atoms. The summed E-state index contributed by atoms with van der Waals surface area (Å²) >= 11 is 0. The highest BCUT2D eigenvalue weighted by Gasteiger charge is 2.37. The lowest BCUT2D eigenvalue weighted by atomic mass is 9.86. The molecule has 0 aromatic carbocycles. The van der Waals surface area contributed by atoms with E-state index in [2.05, 4.69) is 11.8 Å². The molecule has 0 amide bonds. The average molecular weight is 229 g/mol. The fourth-order valence-corrected chi connectivity index (χ4v) is 2.79. The minimum absolute atomic E-state index is 0.0536. The van der Waals surface area contributed by atoms with Gasteiger partial charge in [-0.1, -0.05) is 6.92 Å². The fourth-order valence-electron chi connectivity index (χ4n) is 2.79. The van der Waals surface area contributed by atoms with Crippen molar-refractivity contribution in [3.63, 3.8) is 0 Å². The van der Waals surface area contributed by atoms with E-state index in [-0.39, 0.29) is 18.1 Å². The van der Waals surface area contributed by atoms with Gasteiger partial charge >= 0.3 is 0 Å². The molecule has 2 rings (SSSR count). The second-order valence-electron chi connectivity index (χ2n) is 5.53. The molecule has 0 aromatic rings. The second kappa shape index (κ2) is 5.00. The standard InChI is InChI=1S/C12H23NO3/c1-10-6-13(4-2-11(10)15)7-12(8-14)3-5-16-9-12/h10-11,14-15H,2-9H2,1H3. The van der Waals surface area contributed by atoms with Gasteiger partial charge in [0.05, 0.1) is 19.3 Å². The van der Waals surface area contributed by atoms with Crippen LogP contribution in [0.15, 0.2) is 0 Å². The predicted molar refractivity (Wildman–Crippen MR) is 61.2 cm³/mol. The number of hydrogen-bond donors (Lipinski definition) is 2. The number of piperidine rings is 1. The average Bonchev–Trinajstić information content (AvgIpc) is 2.73. The van der Waals surface area contributed by atoms with Crippen LogP contribution in [-0.2, 0) is 4.74 Å². The molecule has 2 aliphatic heterocycles. The Morgan fingerprint density at radius 1 is 1.50 bits per heavy atom. The maximum Gasteiger partial charge on any atom is 0.0590 e. The summed E-state index contributed by atoms with van der Waals surface area (Å²) < 4.78 is 5.40. The van der Waals surface area contributed by atoms with Gasteiger partial charge in [-0.05, 0) is 18.8 Å². The summed E-state index contributed by atoms with van der Waals surface area (Å²) in [6, 6.07) is 0. The molecular weight excluding hydrogens is 206 g/mol. The number of aliphatic hydroxyl groups excluding tert-OH is 2. The third-order valence-electron chi connectivity index (χ3n) is 4.02. The van der Waals surface area contributed by atoms with Crippen molar-refractivity contribution in [2.24, 2.45) is 11.3 Å². The zero-order valence-electron chi connectivity index (χ0n) is 10.1. The van der Waals surface area contributed by atoms with Crippen LogP contribution in [0.4, 0.5) is 0 Å². The summed E-state index contributed by atoms with van der Waals surface area (Å²) in [5, 5.41) is 19.2. The van der Waals surface area contributed by atoms with Crippen LogP contribution in [0.25, 0.3) is 0 Å². The van der Waals surface area contributed by atoms with E-state index in [4.69, 9.17) is 4.74 Å². The molecular formula is C12H23NO3. The molecule has 2 N–H and O–H groups in total. The van der Waals surface area contributed by atoms with E-state index < -0.39 is 0 Å². The Hall–Kier alpha value is -0.160. The van der Waals surface area contributed by atoms with Crippen molar-refractivity contribution in [2.45, 2.75) is 25.9 Å². The van der Waals surface area contributed by atoms with Crippen molar-refractivity contribution in [1.82, 2.24) is 4.90 Å². The quantitative estimate of drug-likeness (QED) is 0.720. The highest BCUT2D eigenvalue weighted by Crippen LogP contribution is 2.30. The molecule has 4 nitrogen and oxygen atoms in total. The number of rotatable bonds is 3. The highest BCUT2D eigenvalue weighted by atomic mass is 16.5. The van der Waals surface area contributed by atoms with E-state index in [1.807, 2.05) is 0 Å². The maximum atomic E-state index is 9.68. The Morgan fingerprint density at radius 3 is 2.88 bits per heavy atom. The third-order valence-corrected chi connectivity index (χ3v) is 4.02. The first-order valence-corrected chi connectivity index (χ1v) is 6.24. The number of aliphatic hydroxyl groups is 2. The molecule has 94 valence electrons. The van der Waals surface area contributed by atoms with E-state index in [0.717, 1.165) is 39.1 Å². The van der Waals surface area contributed by atoms with Crippen molar-refractivity contribution in [2.75, 3.05) is 39.5 Å². The zero-order chi connectivity index (χ0) is 11.6. The Kier molecular flexibility index (Phi) is 3.85. The van der Waals surface area contributed by atoms with Crippen LogP contribution < -0.4 is 0 Å². The first kappa shape index (κ1) is 12.3. The third kappa shape index (κ3) is 2.56. The molecule has 2 heterocycles. The lowest BCUT2D eigenvalue weighted by Gasteiger charge is -2.39. The van der Waals surface area contributed by atoms with Crippen molar-refractivity contribution in [1.29, 1.82) is 0 Å². The van der Waals surface area contributed by atoms with Gasteiger partial charge in [0.2, 0.25) is 0 Å². The van der Waals surface area contributed by atoms with Gasteiger partial charge < -0.3 is 19.8 Å².